The monoisotopic (exact) mass is 428 g/mol. The second-order valence-corrected chi connectivity index (χ2v) is 8.27. The Morgan fingerprint density at radius 3 is 2.25 bits per heavy atom. The molecule has 1 aliphatic heterocycles. The first-order valence-electron chi connectivity index (χ1n) is 11.0. The average Bonchev–Trinajstić information content (AvgIpc) is 3.53. The smallest absolute Gasteiger partial charge is 0.151 e. The van der Waals surface area contributed by atoms with Crippen LogP contribution >= 0.6 is 0 Å². The minimum atomic E-state index is 0.104. The third kappa shape index (κ3) is 4.07. The number of piperazine rings is 1. The fourth-order valence-corrected chi connectivity index (χ4v) is 4.43. The normalized spacial score (nSPS) is 16.2. The van der Waals surface area contributed by atoms with E-state index in [2.05, 4.69) is 63.4 Å². The lowest BCUT2D eigenvalue weighted by molar-refractivity contribution is 0.127. The third-order valence-electron chi connectivity index (χ3n) is 6.28. The van der Waals surface area contributed by atoms with Crippen LogP contribution in [0.25, 0.3) is 22.6 Å². The van der Waals surface area contributed by atoms with Gasteiger partial charge in [-0.05, 0) is 48.0 Å². The zero-order chi connectivity index (χ0) is 21.9. The molecule has 0 amide bonds. The van der Waals surface area contributed by atoms with Crippen LogP contribution in [0.2, 0.25) is 0 Å². The Kier molecular flexibility index (Phi) is 5.79. The van der Waals surface area contributed by atoms with Gasteiger partial charge in [-0.3, -0.25) is 10.00 Å². The molecule has 2 aromatic heterocycles. The summed E-state index contributed by atoms with van der Waals surface area (Å²) < 4.78 is 11.0. The predicted octanol–water partition coefficient (Wildman–Crippen LogP) is 4.68. The van der Waals surface area contributed by atoms with Crippen molar-refractivity contribution in [1.29, 1.82) is 0 Å². The first-order chi connectivity index (χ1) is 15.7. The highest BCUT2D eigenvalue weighted by atomic mass is 16.5. The number of hydrogen-bond acceptors (Lipinski definition) is 5. The highest BCUT2D eigenvalue weighted by molar-refractivity contribution is 5.65. The number of nitrogens with one attached hydrogen (secondary N) is 1. The summed E-state index contributed by atoms with van der Waals surface area (Å²) in [4.78, 5) is 4.92. The van der Waals surface area contributed by atoms with Crippen LogP contribution in [0.5, 0.6) is 5.75 Å². The van der Waals surface area contributed by atoms with Crippen molar-refractivity contribution in [2.24, 2.45) is 0 Å². The molecule has 0 bridgehead atoms. The summed E-state index contributed by atoms with van der Waals surface area (Å²) in [7, 11) is 3.87. The van der Waals surface area contributed by atoms with Gasteiger partial charge < -0.3 is 14.1 Å². The Balaban J connectivity index is 1.50. The first kappa shape index (κ1) is 20.5. The minimum Gasteiger partial charge on any atom is -0.497 e. The van der Waals surface area contributed by atoms with Crippen molar-refractivity contribution in [1.82, 2.24) is 20.0 Å². The molecule has 6 heteroatoms. The highest BCUT2D eigenvalue weighted by Crippen LogP contribution is 2.36. The number of aromatic nitrogens is 2. The Hall–Kier alpha value is -3.35. The number of H-pyrrole nitrogens is 1. The van der Waals surface area contributed by atoms with E-state index < -0.39 is 0 Å². The summed E-state index contributed by atoms with van der Waals surface area (Å²) in [6.07, 6.45) is 3.65. The van der Waals surface area contributed by atoms with Crippen molar-refractivity contribution in [2.45, 2.75) is 6.04 Å². The van der Waals surface area contributed by atoms with E-state index >= 15 is 0 Å². The molecule has 1 N–H and O–H groups in total. The molecule has 1 atom stereocenters. The van der Waals surface area contributed by atoms with Gasteiger partial charge in [0.1, 0.15) is 11.4 Å². The molecular weight excluding hydrogens is 400 g/mol. The lowest BCUT2D eigenvalue weighted by atomic mass is 9.94. The van der Waals surface area contributed by atoms with Gasteiger partial charge in [-0.25, -0.2) is 0 Å². The SMILES string of the molecule is COc1ccc(-c2ccc(C(c3cn[nH]c3-c3ccco3)N3CCN(C)CC3)cc2)cc1. The van der Waals surface area contributed by atoms with E-state index in [1.165, 1.54) is 16.7 Å². The number of ether oxygens (including phenoxy) is 1. The molecule has 0 aliphatic carbocycles. The molecule has 6 nitrogen and oxygen atoms in total. The molecule has 32 heavy (non-hydrogen) atoms. The number of furan rings is 1. The lowest BCUT2D eigenvalue weighted by Crippen LogP contribution is -2.46. The van der Waals surface area contributed by atoms with Crippen LogP contribution in [0.4, 0.5) is 0 Å². The van der Waals surface area contributed by atoms with E-state index in [1.54, 1.807) is 13.4 Å². The Labute approximate surface area is 188 Å². The van der Waals surface area contributed by atoms with Gasteiger partial charge in [-0.2, -0.15) is 5.10 Å². The maximum absolute atomic E-state index is 5.70. The molecule has 1 aliphatic rings. The molecular formula is C26H28N4O2. The number of likely N-dealkylation sites (N-methyl/N-ethyl adjacent to an activating group) is 1. The highest BCUT2D eigenvalue weighted by Gasteiger charge is 2.29. The third-order valence-corrected chi connectivity index (χ3v) is 6.28. The summed E-state index contributed by atoms with van der Waals surface area (Å²) in [6, 6.07) is 21.1. The summed E-state index contributed by atoms with van der Waals surface area (Å²) in [5.74, 6) is 1.68. The molecule has 2 aromatic carbocycles. The van der Waals surface area contributed by atoms with Crippen LogP contribution in [-0.4, -0.2) is 60.3 Å². The van der Waals surface area contributed by atoms with E-state index in [0.717, 1.165) is 48.9 Å². The first-order valence-corrected chi connectivity index (χ1v) is 11.0. The van der Waals surface area contributed by atoms with Crippen LogP contribution in [0, 0.1) is 0 Å². The lowest BCUT2D eigenvalue weighted by Gasteiger charge is -2.38. The van der Waals surface area contributed by atoms with E-state index in [4.69, 9.17) is 9.15 Å². The molecule has 164 valence electrons. The van der Waals surface area contributed by atoms with Gasteiger partial charge in [0.25, 0.3) is 0 Å². The van der Waals surface area contributed by atoms with Crippen molar-refractivity contribution in [3.05, 3.63) is 84.3 Å². The molecule has 1 saturated heterocycles. The van der Waals surface area contributed by atoms with Crippen LogP contribution in [0.1, 0.15) is 17.2 Å². The molecule has 3 heterocycles. The zero-order valence-corrected chi connectivity index (χ0v) is 18.5. The van der Waals surface area contributed by atoms with Crippen molar-refractivity contribution in [2.75, 3.05) is 40.3 Å². The van der Waals surface area contributed by atoms with Gasteiger partial charge in [0.05, 0.1) is 25.6 Å². The predicted molar refractivity (Wildman–Crippen MR) is 126 cm³/mol. The van der Waals surface area contributed by atoms with Crippen molar-refractivity contribution >= 4 is 0 Å². The van der Waals surface area contributed by atoms with Gasteiger partial charge in [0, 0.05) is 31.7 Å². The fraction of sp³-hybridized carbons (Fsp3) is 0.269. The minimum absolute atomic E-state index is 0.104. The topological polar surface area (TPSA) is 57.5 Å². The standard InChI is InChI=1S/C26H28N4O2/c1-29-13-15-30(16-14-29)26(23-18-27-28-25(23)24-4-3-17-32-24)21-7-5-19(6-8-21)20-9-11-22(31-2)12-10-20/h3-12,17-18,26H,13-16H2,1-2H3,(H,27,28). The number of rotatable bonds is 6. The molecule has 1 unspecified atom stereocenters. The number of hydrogen-bond donors (Lipinski definition) is 1. The molecule has 4 aromatic rings. The fourth-order valence-electron chi connectivity index (χ4n) is 4.43. The maximum atomic E-state index is 5.70. The second-order valence-electron chi connectivity index (χ2n) is 8.27. The van der Waals surface area contributed by atoms with Crippen molar-refractivity contribution in [3.8, 4) is 28.3 Å². The van der Waals surface area contributed by atoms with E-state index in [-0.39, 0.29) is 6.04 Å². The largest absolute Gasteiger partial charge is 0.497 e. The van der Waals surface area contributed by atoms with E-state index in [1.807, 2.05) is 30.5 Å². The Bertz CT molecular complexity index is 1130. The van der Waals surface area contributed by atoms with Gasteiger partial charge in [0.2, 0.25) is 0 Å². The number of nitrogens with zero attached hydrogens (tertiary/aromatic N) is 3. The van der Waals surface area contributed by atoms with Gasteiger partial charge >= 0.3 is 0 Å². The Morgan fingerprint density at radius 2 is 1.62 bits per heavy atom. The zero-order valence-electron chi connectivity index (χ0n) is 18.5. The maximum Gasteiger partial charge on any atom is 0.151 e. The van der Waals surface area contributed by atoms with Crippen LogP contribution in [0.3, 0.4) is 0 Å². The molecule has 0 radical (unpaired) electrons. The average molecular weight is 429 g/mol. The van der Waals surface area contributed by atoms with Gasteiger partial charge in [0.15, 0.2) is 5.76 Å². The van der Waals surface area contributed by atoms with Crippen LogP contribution < -0.4 is 4.74 Å². The number of benzene rings is 2. The quantitative estimate of drug-likeness (QED) is 0.483. The van der Waals surface area contributed by atoms with E-state index in [0.29, 0.717) is 0 Å². The van der Waals surface area contributed by atoms with Gasteiger partial charge in [-0.15, -0.1) is 0 Å². The molecule has 5 rings (SSSR count). The van der Waals surface area contributed by atoms with Crippen LogP contribution in [-0.2, 0) is 0 Å². The summed E-state index contributed by atoms with van der Waals surface area (Å²) in [5, 5.41) is 7.54. The van der Waals surface area contributed by atoms with Gasteiger partial charge in [-0.1, -0.05) is 36.4 Å². The van der Waals surface area contributed by atoms with Crippen molar-refractivity contribution in [3.63, 3.8) is 0 Å². The summed E-state index contributed by atoms with van der Waals surface area (Å²) in [6.45, 7) is 4.11. The number of methoxy groups -OCH3 is 1. The molecule has 0 saturated carbocycles. The molecule has 0 spiro atoms. The van der Waals surface area contributed by atoms with E-state index in [9.17, 15) is 0 Å². The number of aromatic amines is 1. The second kappa shape index (κ2) is 9.02. The summed E-state index contributed by atoms with van der Waals surface area (Å²) in [5.41, 5.74) is 5.70. The van der Waals surface area contributed by atoms with Crippen molar-refractivity contribution < 1.29 is 9.15 Å². The van der Waals surface area contributed by atoms with Crippen LogP contribution in [0.15, 0.2) is 77.5 Å². The Morgan fingerprint density at radius 1 is 0.938 bits per heavy atom. The summed E-state index contributed by atoms with van der Waals surface area (Å²) >= 11 is 0. The molecule has 1 fully saturated rings.